The molecular formula is C9H15NO4S. The van der Waals surface area contributed by atoms with Gasteiger partial charge >= 0.3 is 0 Å². The Morgan fingerprint density at radius 1 is 1.27 bits per heavy atom. The molecule has 2 aliphatic heterocycles. The third kappa shape index (κ3) is 2.49. The maximum Gasteiger partial charge on any atom is 0.226 e. The highest BCUT2D eigenvalue weighted by Gasteiger charge is 2.35. The van der Waals surface area contributed by atoms with Gasteiger partial charge in [0.25, 0.3) is 0 Å². The predicted octanol–water partition coefficient (Wildman–Crippen LogP) is -0.720. The van der Waals surface area contributed by atoms with Crippen LogP contribution in [0.3, 0.4) is 0 Å². The number of morpholine rings is 1. The zero-order valence-corrected chi connectivity index (χ0v) is 9.33. The van der Waals surface area contributed by atoms with Gasteiger partial charge in [-0.15, -0.1) is 0 Å². The first kappa shape index (κ1) is 10.9. The van der Waals surface area contributed by atoms with Crippen LogP contribution in [0.25, 0.3) is 0 Å². The van der Waals surface area contributed by atoms with Gasteiger partial charge in [-0.2, -0.15) is 0 Å². The van der Waals surface area contributed by atoms with Gasteiger partial charge in [0.1, 0.15) is 0 Å². The normalized spacial score (nSPS) is 30.4. The third-order valence-corrected chi connectivity index (χ3v) is 4.67. The van der Waals surface area contributed by atoms with Crippen molar-refractivity contribution in [2.75, 3.05) is 37.8 Å². The molecule has 0 aliphatic carbocycles. The first-order valence-electron chi connectivity index (χ1n) is 5.15. The molecule has 2 heterocycles. The molecule has 2 aliphatic rings. The van der Waals surface area contributed by atoms with Crippen molar-refractivity contribution in [2.24, 2.45) is 5.92 Å². The molecule has 6 heteroatoms. The average molecular weight is 233 g/mol. The third-order valence-electron chi connectivity index (χ3n) is 2.90. The number of hydrogen-bond donors (Lipinski definition) is 0. The van der Waals surface area contributed by atoms with Gasteiger partial charge in [0.15, 0.2) is 9.84 Å². The molecule has 1 atom stereocenters. The van der Waals surface area contributed by atoms with E-state index >= 15 is 0 Å². The Hall–Kier alpha value is -0.620. The summed E-state index contributed by atoms with van der Waals surface area (Å²) >= 11 is 0. The van der Waals surface area contributed by atoms with Gasteiger partial charge in [0, 0.05) is 13.1 Å². The van der Waals surface area contributed by atoms with E-state index in [0.29, 0.717) is 32.7 Å². The minimum absolute atomic E-state index is 0.0145. The van der Waals surface area contributed by atoms with Gasteiger partial charge in [-0.25, -0.2) is 8.42 Å². The topological polar surface area (TPSA) is 63.7 Å². The van der Waals surface area contributed by atoms with Crippen LogP contribution in [-0.4, -0.2) is 57.0 Å². The maximum atomic E-state index is 11.9. The van der Waals surface area contributed by atoms with Crippen LogP contribution in [0.5, 0.6) is 0 Å². The van der Waals surface area contributed by atoms with Gasteiger partial charge in [-0.3, -0.25) is 4.79 Å². The fourth-order valence-corrected chi connectivity index (χ4v) is 3.76. The minimum Gasteiger partial charge on any atom is -0.378 e. The Morgan fingerprint density at radius 3 is 2.47 bits per heavy atom. The molecule has 0 N–H and O–H groups in total. The molecule has 2 saturated heterocycles. The summed E-state index contributed by atoms with van der Waals surface area (Å²) in [6, 6.07) is 0. The van der Waals surface area contributed by atoms with E-state index in [1.54, 1.807) is 4.90 Å². The zero-order chi connectivity index (χ0) is 10.9. The molecule has 0 saturated carbocycles. The van der Waals surface area contributed by atoms with Crippen molar-refractivity contribution in [2.45, 2.75) is 6.42 Å². The summed E-state index contributed by atoms with van der Waals surface area (Å²) in [5, 5.41) is 0. The second-order valence-corrected chi connectivity index (χ2v) is 6.27. The van der Waals surface area contributed by atoms with Crippen LogP contribution in [0.2, 0.25) is 0 Å². The number of amides is 1. The van der Waals surface area contributed by atoms with E-state index in [0.717, 1.165) is 0 Å². The van der Waals surface area contributed by atoms with E-state index in [-0.39, 0.29) is 23.3 Å². The zero-order valence-electron chi connectivity index (χ0n) is 8.52. The molecule has 1 unspecified atom stereocenters. The molecule has 0 spiro atoms. The van der Waals surface area contributed by atoms with E-state index in [1.165, 1.54) is 0 Å². The second-order valence-electron chi connectivity index (χ2n) is 4.04. The fourth-order valence-electron chi connectivity index (χ4n) is 2.03. The SMILES string of the molecule is O=C(C1CCS(=O)(=O)C1)N1CCOCC1. The smallest absolute Gasteiger partial charge is 0.226 e. The second kappa shape index (κ2) is 4.09. The monoisotopic (exact) mass is 233 g/mol. The highest BCUT2D eigenvalue weighted by Crippen LogP contribution is 2.21. The molecule has 0 aromatic heterocycles. The van der Waals surface area contributed by atoms with Crippen LogP contribution in [0.4, 0.5) is 0 Å². The summed E-state index contributed by atoms with van der Waals surface area (Å²) in [5.74, 6) is -0.135. The molecule has 0 radical (unpaired) electrons. The van der Waals surface area contributed by atoms with E-state index in [4.69, 9.17) is 4.74 Å². The summed E-state index contributed by atoms with van der Waals surface area (Å²) in [6.45, 7) is 2.31. The van der Waals surface area contributed by atoms with E-state index in [2.05, 4.69) is 0 Å². The van der Waals surface area contributed by atoms with E-state index < -0.39 is 9.84 Å². The molecule has 2 fully saturated rings. The number of sulfone groups is 1. The quantitative estimate of drug-likeness (QED) is 0.599. The lowest BCUT2D eigenvalue weighted by atomic mass is 10.1. The minimum atomic E-state index is -2.96. The van der Waals surface area contributed by atoms with Crippen molar-refractivity contribution < 1.29 is 17.9 Å². The molecule has 15 heavy (non-hydrogen) atoms. The van der Waals surface area contributed by atoms with E-state index in [9.17, 15) is 13.2 Å². The van der Waals surface area contributed by atoms with Crippen LogP contribution in [0.15, 0.2) is 0 Å². The molecule has 2 rings (SSSR count). The first-order valence-corrected chi connectivity index (χ1v) is 6.97. The maximum absolute atomic E-state index is 11.9. The van der Waals surface area contributed by atoms with Crippen molar-refractivity contribution in [3.05, 3.63) is 0 Å². The summed E-state index contributed by atoms with van der Waals surface area (Å²) in [7, 11) is -2.96. The number of rotatable bonds is 1. The van der Waals surface area contributed by atoms with Crippen LogP contribution >= 0.6 is 0 Å². The van der Waals surface area contributed by atoms with Crippen LogP contribution in [0.1, 0.15) is 6.42 Å². The summed E-state index contributed by atoms with van der Waals surface area (Å²) in [4.78, 5) is 13.6. The lowest BCUT2D eigenvalue weighted by Gasteiger charge is -2.28. The highest BCUT2D eigenvalue weighted by atomic mass is 32.2. The van der Waals surface area contributed by atoms with Crippen molar-refractivity contribution in [1.29, 1.82) is 0 Å². The van der Waals surface area contributed by atoms with Crippen LogP contribution in [-0.2, 0) is 19.4 Å². The largest absolute Gasteiger partial charge is 0.378 e. The van der Waals surface area contributed by atoms with Gasteiger partial charge < -0.3 is 9.64 Å². The number of hydrogen-bond acceptors (Lipinski definition) is 4. The Kier molecular flexibility index (Phi) is 2.97. The molecule has 0 aromatic rings. The number of ether oxygens (including phenoxy) is 1. The summed E-state index contributed by atoms with van der Waals surface area (Å²) in [5.41, 5.74) is 0. The van der Waals surface area contributed by atoms with Crippen LogP contribution in [0, 0.1) is 5.92 Å². The van der Waals surface area contributed by atoms with Gasteiger partial charge in [-0.05, 0) is 6.42 Å². The molecule has 5 nitrogen and oxygen atoms in total. The molecule has 86 valence electrons. The van der Waals surface area contributed by atoms with E-state index in [1.807, 2.05) is 0 Å². The molecular weight excluding hydrogens is 218 g/mol. The lowest BCUT2D eigenvalue weighted by Crippen LogP contribution is -2.44. The number of nitrogens with zero attached hydrogens (tertiary/aromatic N) is 1. The van der Waals surface area contributed by atoms with Gasteiger partial charge in [0.05, 0.1) is 30.6 Å². The average Bonchev–Trinajstić information content (AvgIpc) is 2.59. The fraction of sp³-hybridized carbons (Fsp3) is 0.889. The van der Waals surface area contributed by atoms with Gasteiger partial charge in [0.2, 0.25) is 5.91 Å². The lowest BCUT2D eigenvalue weighted by molar-refractivity contribution is -0.138. The number of carbonyl (C=O) groups is 1. The van der Waals surface area contributed by atoms with Crippen molar-refractivity contribution in [1.82, 2.24) is 4.90 Å². The summed E-state index contributed by atoms with van der Waals surface area (Å²) < 4.78 is 27.6. The summed E-state index contributed by atoms with van der Waals surface area (Å²) in [6.07, 6.45) is 0.485. The number of carbonyl (C=O) groups excluding carboxylic acids is 1. The Labute approximate surface area is 89.3 Å². The Bertz CT molecular complexity index is 345. The first-order chi connectivity index (χ1) is 7.08. The Morgan fingerprint density at radius 2 is 1.93 bits per heavy atom. The van der Waals surface area contributed by atoms with Crippen molar-refractivity contribution >= 4 is 15.7 Å². The molecule has 0 aromatic carbocycles. The molecule has 0 bridgehead atoms. The van der Waals surface area contributed by atoms with Crippen molar-refractivity contribution in [3.8, 4) is 0 Å². The standard InChI is InChI=1S/C9H15NO4S/c11-9(10-2-4-14-5-3-10)8-1-6-15(12,13)7-8/h8H,1-7H2. The molecule has 1 amide bonds. The highest BCUT2D eigenvalue weighted by molar-refractivity contribution is 7.91. The van der Waals surface area contributed by atoms with Gasteiger partial charge in [-0.1, -0.05) is 0 Å². The van der Waals surface area contributed by atoms with Crippen molar-refractivity contribution in [3.63, 3.8) is 0 Å². The van der Waals surface area contributed by atoms with Crippen LogP contribution < -0.4 is 0 Å². The Balaban J connectivity index is 1.96. The predicted molar refractivity (Wildman–Crippen MR) is 54.2 cm³/mol.